The normalized spacial score (nSPS) is 11.2. The van der Waals surface area contributed by atoms with Crippen molar-refractivity contribution in [2.24, 2.45) is 0 Å². The number of carbonyl (C=O) groups excluding carboxylic acids is 1. The van der Waals surface area contributed by atoms with Gasteiger partial charge in [0.05, 0.1) is 16.9 Å². The molecule has 5 heteroatoms. The number of ether oxygens (including phenoxy) is 1. The van der Waals surface area contributed by atoms with Gasteiger partial charge in [0.15, 0.2) is 0 Å². The molecular weight excluding hydrogens is 350 g/mol. The summed E-state index contributed by atoms with van der Waals surface area (Å²) in [6.07, 6.45) is 4.92. The number of benzene rings is 2. The fourth-order valence-corrected chi connectivity index (χ4v) is 3.14. The summed E-state index contributed by atoms with van der Waals surface area (Å²) in [6, 6.07) is 19.1. The molecule has 5 nitrogen and oxygen atoms in total. The molecule has 0 atom stereocenters. The second kappa shape index (κ2) is 7.48. The molecule has 0 saturated heterocycles. The van der Waals surface area contributed by atoms with E-state index in [1.54, 1.807) is 24.4 Å². The summed E-state index contributed by atoms with van der Waals surface area (Å²) in [5, 5.41) is 5.51. The first kappa shape index (κ1) is 17.7. The van der Waals surface area contributed by atoms with E-state index in [1.807, 2.05) is 67.1 Å². The van der Waals surface area contributed by atoms with Crippen LogP contribution in [0.25, 0.3) is 22.7 Å². The van der Waals surface area contributed by atoms with E-state index < -0.39 is 5.97 Å². The highest BCUT2D eigenvalue weighted by molar-refractivity contribution is 5.90. The zero-order valence-corrected chi connectivity index (χ0v) is 15.7. The number of hydrogen-bond donors (Lipinski definition) is 0. The monoisotopic (exact) mass is 369 g/mol. The van der Waals surface area contributed by atoms with Gasteiger partial charge in [-0.25, -0.2) is 9.48 Å². The largest absolute Gasteiger partial charge is 0.423 e. The molecular formula is C23H19N3O2. The molecule has 0 amide bonds. The molecule has 0 bridgehead atoms. The maximum absolute atomic E-state index is 12.3. The Kier molecular flexibility index (Phi) is 4.72. The molecule has 4 rings (SSSR count). The Labute approximate surface area is 162 Å². The average molecular weight is 369 g/mol. The van der Waals surface area contributed by atoms with Crippen LogP contribution in [-0.4, -0.2) is 20.7 Å². The number of aromatic nitrogens is 3. The maximum atomic E-state index is 12.3. The fourth-order valence-electron chi connectivity index (χ4n) is 3.14. The summed E-state index contributed by atoms with van der Waals surface area (Å²) < 4.78 is 7.31. The van der Waals surface area contributed by atoms with Gasteiger partial charge in [-0.05, 0) is 56.3 Å². The Morgan fingerprint density at radius 3 is 2.68 bits per heavy atom. The third-order valence-corrected chi connectivity index (χ3v) is 4.53. The quantitative estimate of drug-likeness (QED) is 0.298. The summed E-state index contributed by atoms with van der Waals surface area (Å²) in [5.74, 6) is 0.0538. The van der Waals surface area contributed by atoms with Gasteiger partial charge in [-0.2, -0.15) is 5.10 Å². The third-order valence-electron chi connectivity index (χ3n) is 4.53. The summed E-state index contributed by atoms with van der Waals surface area (Å²) in [6.45, 7) is 3.90. The number of nitrogens with zero attached hydrogens (tertiary/aromatic N) is 3. The van der Waals surface area contributed by atoms with E-state index in [-0.39, 0.29) is 0 Å². The van der Waals surface area contributed by atoms with Crippen LogP contribution in [-0.2, 0) is 4.79 Å². The Bertz CT molecular complexity index is 1180. The van der Waals surface area contributed by atoms with Crippen LogP contribution < -0.4 is 4.74 Å². The number of pyridine rings is 1. The predicted molar refractivity (Wildman–Crippen MR) is 109 cm³/mol. The van der Waals surface area contributed by atoms with Gasteiger partial charge < -0.3 is 4.74 Å². The van der Waals surface area contributed by atoms with Gasteiger partial charge in [-0.3, -0.25) is 4.98 Å². The van der Waals surface area contributed by atoms with Crippen molar-refractivity contribution in [1.82, 2.24) is 14.8 Å². The zero-order chi connectivity index (χ0) is 19.5. The van der Waals surface area contributed by atoms with Crippen molar-refractivity contribution in [2.45, 2.75) is 13.8 Å². The minimum absolute atomic E-state index is 0.436. The SMILES string of the molecule is Cc1nn(-c2ccccc2)c(C)c1/C=C\C(=O)Oc1ccc2ncccc2c1. The van der Waals surface area contributed by atoms with Crippen LogP contribution in [0.3, 0.4) is 0 Å². The molecule has 0 saturated carbocycles. The van der Waals surface area contributed by atoms with Crippen molar-refractivity contribution >= 4 is 22.9 Å². The van der Waals surface area contributed by atoms with Gasteiger partial charge in [0.2, 0.25) is 0 Å². The Morgan fingerprint density at radius 2 is 1.86 bits per heavy atom. The molecule has 0 spiro atoms. The summed E-state index contributed by atoms with van der Waals surface area (Å²) in [7, 11) is 0. The first-order valence-electron chi connectivity index (χ1n) is 8.98. The van der Waals surface area contributed by atoms with Crippen molar-refractivity contribution in [3.8, 4) is 11.4 Å². The van der Waals surface area contributed by atoms with Gasteiger partial charge in [-0.15, -0.1) is 0 Å². The van der Waals surface area contributed by atoms with Gasteiger partial charge in [0.1, 0.15) is 5.75 Å². The zero-order valence-electron chi connectivity index (χ0n) is 15.7. The molecule has 4 aromatic rings. The van der Waals surface area contributed by atoms with Crippen molar-refractivity contribution < 1.29 is 9.53 Å². The van der Waals surface area contributed by atoms with E-state index in [0.717, 1.165) is 33.5 Å². The highest BCUT2D eigenvalue weighted by Crippen LogP contribution is 2.21. The number of rotatable bonds is 4. The van der Waals surface area contributed by atoms with Crippen molar-refractivity contribution in [1.29, 1.82) is 0 Å². The molecule has 138 valence electrons. The lowest BCUT2D eigenvalue weighted by atomic mass is 10.2. The number of aryl methyl sites for hydroxylation is 1. The van der Waals surface area contributed by atoms with Gasteiger partial charge >= 0.3 is 5.97 Å². The number of fused-ring (bicyclic) bond motifs is 1. The maximum Gasteiger partial charge on any atom is 0.336 e. The molecule has 2 aromatic carbocycles. The minimum atomic E-state index is -0.436. The lowest BCUT2D eigenvalue weighted by molar-refractivity contribution is -0.128. The first-order valence-corrected chi connectivity index (χ1v) is 8.98. The molecule has 0 aliphatic carbocycles. The van der Waals surface area contributed by atoms with E-state index >= 15 is 0 Å². The van der Waals surface area contributed by atoms with E-state index in [1.165, 1.54) is 6.08 Å². The van der Waals surface area contributed by atoms with Gasteiger partial charge in [-0.1, -0.05) is 24.3 Å². The lowest BCUT2D eigenvalue weighted by Gasteiger charge is -2.04. The summed E-state index contributed by atoms with van der Waals surface area (Å²) in [5.41, 5.74) is 4.56. The Balaban J connectivity index is 1.53. The van der Waals surface area contributed by atoms with Crippen LogP contribution in [0.5, 0.6) is 5.75 Å². The van der Waals surface area contributed by atoms with E-state index in [0.29, 0.717) is 5.75 Å². The Hall–Kier alpha value is -3.73. The standard InChI is InChI=1S/C23H19N3O2/c1-16-21(17(2)26(25-16)19-8-4-3-5-9-19)11-13-23(27)28-20-10-12-22-18(15-20)7-6-14-24-22/h3-15H,1-2H3/b13-11-. The predicted octanol–water partition coefficient (Wildman–Crippen LogP) is 4.66. The number of esters is 1. The fraction of sp³-hybridized carbons (Fsp3) is 0.0870. The van der Waals surface area contributed by atoms with Gasteiger partial charge in [0.25, 0.3) is 0 Å². The summed E-state index contributed by atoms with van der Waals surface area (Å²) in [4.78, 5) is 16.5. The van der Waals surface area contributed by atoms with Crippen molar-refractivity contribution in [3.05, 3.63) is 89.9 Å². The van der Waals surface area contributed by atoms with Gasteiger partial charge in [0, 0.05) is 28.9 Å². The van der Waals surface area contributed by atoms with Crippen molar-refractivity contribution in [2.75, 3.05) is 0 Å². The Morgan fingerprint density at radius 1 is 1.04 bits per heavy atom. The van der Waals surface area contributed by atoms with E-state index in [2.05, 4.69) is 10.1 Å². The summed E-state index contributed by atoms with van der Waals surface area (Å²) >= 11 is 0. The lowest BCUT2D eigenvalue weighted by Crippen LogP contribution is -2.03. The molecule has 0 unspecified atom stereocenters. The van der Waals surface area contributed by atoms with Crippen LogP contribution in [0.15, 0.2) is 72.9 Å². The van der Waals surface area contributed by atoms with Crippen LogP contribution in [0.4, 0.5) is 0 Å². The molecule has 2 aromatic heterocycles. The molecule has 0 aliphatic rings. The molecule has 0 fully saturated rings. The average Bonchev–Trinajstić information content (AvgIpc) is 3.00. The number of para-hydroxylation sites is 1. The second-order valence-corrected chi connectivity index (χ2v) is 6.44. The van der Waals surface area contributed by atoms with Crippen LogP contribution >= 0.6 is 0 Å². The highest BCUT2D eigenvalue weighted by atomic mass is 16.5. The number of carbonyl (C=O) groups is 1. The third kappa shape index (κ3) is 3.55. The number of hydrogen-bond acceptors (Lipinski definition) is 4. The molecule has 0 radical (unpaired) electrons. The molecule has 0 aliphatic heterocycles. The topological polar surface area (TPSA) is 57.0 Å². The van der Waals surface area contributed by atoms with Crippen molar-refractivity contribution in [3.63, 3.8) is 0 Å². The van der Waals surface area contributed by atoms with Crippen LogP contribution in [0.1, 0.15) is 17.0 Å². The molecule has 0 N–H and O–H groups in total. The van der Waals surface area contributed by atoms with E-state index in [9.17, 15) is 4.79 Å². The molecule has 28 heavy (non-hydrogen) atoms. The molecule has 2 heterocycles. The van der Waals surface area contributed by atoms with E-state index in [4.69, 9.17) is 4.74 Å². The minimum Gasteiger partial charge on any atom is -0.423 e. The highest BCUT2D eigenvalue weighted by Gasteiger charge is 2.11. The first-order chi connectivity index (χ1) is 13.6. The second-order valence-electron chi connectivity index (χ2n) is 6.44. The van der Waals surface area contributed by atoms with Crippen LogP contribution in [0.2, 0.25) is 0 Å². The smallest absolute Gasteiger partial charge is 0.336 e. The van der Waals surface area contributed by atoms with Crippen LogP contribution in [0, 0.1) is 13.8 Å².